The van der Waals surface area contributed by atoms with Crippen molar-refractivity contribution in [1.82, 2.24) is 0 Å². The van der Waals surface area contributed by atoms with Crippen LogP contribution in [0.3, 0.4) is 0 Å². The molecule has 0 saturated heterocycles. The Morgan fingerprint density at radius 2 is 2.12 bits per heavy atom. The van der Waals surface area contributed by atoms with Gasteiger partial charge in [0.25, 0.3) is 0 Å². The number of hydrogen-bond acceptors (Lipinski definition) is 4. The summed E-state index contributed by atoms with van der Waals surface area (Å²) in [7, 11) is 1.35. The summed E-state index contributed by atoms with van der Waals surface area (Å²) in [5.74, 6) is -0.421. The van der Waals surface area contributed by atoms with E-state index in [9.17, 15) is 4.79 Å². The second kappa shape index (κ2) is 6.87. The molecule has 3 aromatic rings. The molecule has 26 heavy (non-hydrogen) atoms. The Bertz CT molecular complexity index is 1030. The second-order valence-corrected chi connectivity index (χ2v) is 7.73. The molecule has 0 saturated carbocycles. The third kappa shape index (κ3) is 2.94. The van der Waals surface area contributed by atoms with Gasteiger partial charge in [0.1, 0.15) is 4.88 Å². The van der Waals surface area contributed by atoms with E-state index in [1.807, 2.05) is 30.3 Å². The number of para-hydroxylation sites is 1. The van der Waals surface area contributed by atoms with Crippen molar-refractivity contribution in [3.8, 4) is 0 Å². The Morgan fingerprint density at radius 3 is 2.92 bits per heavy atom. The number of carbonyl (C=O) groups is 1. The number of carbonyl (C=O) groups excluding carboxylic acids is 1. The summed E-state index contributed by atoms with van der Waals surface area (Å²) in [4.78, 5) is 14.3. The molecule has 1 aliphatic rings. The highest BCUT2D eigenvalue weighted by Crippen LogP contribution is 2.37. The fourth-order valence-corrected chi connectivity index (χ4v) is 4.88. The smallest absolute Gasteiger partial charge is 0.349 e. The molecule has 0 bridgehead atoms. The van der Waals surface area contributed by atoms with Gasteiger partial charge in [-0.3, -0.25) is 0 Å². The summed E-state index contributed by atoms with van der Waals surface area (Å²) in [6.07, 6.45) is 0.986. The Balaban J connectivity index is 1.60. The van der Waals surface area contributed by atoms with Crippen molar-refractivity contribution in [2.75, 3.05) is 23.9 Å². The first-order chi connectivity index (χ1) is 12.6. The number of nitrogens with one attached hydrogen (secondary N) is 1. The molecular weight excluding hydrogens is 388 g/mol. The van der Waals surface area contributed by atoms with E-state index in [-0.39, 0.29) is 0 Å². The van der Waals surface area contributed by atoms with Crippen LogP contribution in [-0.4, -0.2) is 24.7 Å². The summed E-state index contributed by atoms with van der Waals surface area (Å²) in [6.45, 7) is 0.866. The first kappa shape index (κ1) is 17.3. The number of halogens is 1. The topological polar surface area (TPSA) is 41.6 Å². The number of esters is 1. The van der Waals surface area contributed by atoms with Gasteiger partial charge in [0.05, 0.1) is 12.1 Å². The largest absolute Gasteiger partial charge is 0.465 e. The maximum Gasteiger partial charge on any atom is 0.349 e. The highest BCUT2D eigenvalue weighted by molar-refractivity contribution is 7.80. The van der Waals surface area contributed by atoms with Crippen LogP contribution in [0, 0.1) is 0 Å². The van der Waals surface area contributed by atoms with Gasteiger partial charge >= 0.3 is 5.97 Å². The number of hydrogen-bond donors (Lipinski definition) is 1. The number of benzene rings is 2. The summed E-state index contributed by atoms with van der Waals surface area (Å²) in [6, 6.07) is 14.0. The number of anilines is 2. The van der Waals surface area contributed by atoms with Gasteiger partial charge in [0.2, 0.25) is 0 Å². The van der Waals surface area contributed by atoms with Gasteiger partial charge in [0, 0.05) is 28.0 Å². The molecule has 4 nitrogen and oxygen atoms in total. The molecule has 132 valence electrons. The standard InChI is InChI=1S/C19H15ClN2O2S2/c1-24-18(23)17-16(20)13-7-6-12(10-15(13)26-17)21-19(25)22-9-8-11-4-2-3-5-14(11)22/h2-7,10H,8-9H2,1H3,(H,21,25). The summed E-state index contributed by atoms with van der Waals surface area (Å²) >= 11 is 13.2. The zero-order chi connectivity index (χ0) is 18.3. The SMILES string of the molecule is COC(=O)c1sc2cc(NC(=S)N3CCc4ccccc43)ccc2c1Cl. The van der Waals surface area contributed by atoms with Crippen molar-refractivity contribution in [3.05, 3.63) is 57.9 Å². The monoisotopic (exact) mass is 402 g/mol. The number of thiocarbonyl (C=S) groups is 1. The number of thiophene rings is 1. The molecule has 1 aromatic heterocycles. The van der Waals surface area contributed by atoms with Gasteiger partial charge in [-0.1, -0.05) is 29.8 Å². The molecule has 1 N–H and O–H groups in total. The second-order valence-electron chi connectivity index (χ2n) is 5.91. The van der Waals surface area contributed by atoms with Gasteiger partial charge < -0.3 is 15.0 Å². The molecule has 0 radical (unpaired) electrons. The van der Waals surface area contributed by atoms with E-state index in [1.54, 1.807) is 0 Å². The first-order valence-corrected chi connectivity index (χ1v) is 9.65. The molecule has 1 aliphatic heterocycles. The predicted molar refractivity (Wildman–Crippen MR) is 112 cm³/mol. The lowest BCUT2D eigenvalue weighted by atomic mass is 10.2. The van der Waals surface area contributed by atoms with E-state index in [2.05, 4.69) is 22.3 Å². The lowest BCUT2D eigenvalue weighted by Crippen LogP contribution is -2.33. The molecule has 0 spiro atoms. The Morgan fingerprint density at radius 1 is 1.31 bits per heavy atom. The summed E-state index contributed by atoms with van der Waals surface area (Å²) in [5.41, 5.74) is 3.32. The number of fused-ring (bicyclic) bond motifs is 2. The van der Waals surface area contributed by atoms with Gasteiger partial charge in [-0.25, -0.2) is 4.79 Å². The Kier molecular flexibility index (Phi) is 4.56. The quantitative estimate of drug-likeness (QED) is 0.477. The van der Waals surface area contributed by atoms with Crippen LogP contribution in [0.15, 0.2) is 42.5 Å². The predicted octanol–water partition coefficient (Wildman–Crippen LogP) is 5.10. The van der Waals surface area contributed by atoms with Crippen molar-refractivity contribution in [1.29, 1.82) is 0 Å². The zero-order valence-corrected chi connectivity index (χ0v) is 16.3. The average Bonchev–Trinajstić information content (AvgIpc) is 3.22. The highest BCUT2D eigenvalue weighted by Gasteiger charge is 2.22. The molecule has 0 atom stereocenters. The molecule has 7 heteroatoms. The van der Waals surface area contributed by atoms with E-state index in [1.165, 1.54) is 24.0 Å². The molecule has 0 aliphatic carbocycles. The van der Waals surface area contributed by atoms with Crippen LogP contribution in [0.2, 0.25) is 5.02 Å². The Labute approximate surface area is 165 Å². The van der Waals surface area contributed by atoms with Crippen molar-refractivity contribution in [2.24, 2.45) is 0 Å². The van der Waals surface area contributed by atoms with Crippen molar-refractivity contribution >= 4 is 67.7 Å². The van der Waals surface area contributed by atoms with Crippen molar-refractivity contribution in [2.45, 2.75) is 6.42 Å². The lowest BCUT2D eigenvalue weighted by Gasteiger charge is -2.21. The van der Waals surface area contributed by atoms with E-state index in [0.29, 0.717) is 15.0 Å². The molecule has 4 rings (SSSR count). The van der Waals surface area contributed by atoms with E-state index in [4.69, 9.17) is 28.6 Å². The number of ether oxygens (including phenoxy) is 1. The molecule has 0 fully saturated rings. The lowest BCUT2D eigenvalue weighted by molar-refractivity contribution is 0.0606. The van der Waals surface area contributed by atoms with Crippen molar-refractivity contribution < 1.29 is 9.53 Å². The van der Waals surface area contributed by atoms with Crippen LogP contribution in [0.25, 0.3) is 10.1 Å². The van der Waals surface area contributed by atoms with Crippen LogP contribution < -0.4 is 10.2 Å². The summed E-state index contributed by atoms with van der Waals surface area (Å²) in [5, 5.41) is 5.21. The normalized spacial score (nSPS) is 12.9. The third-order valence-electron chi connectivity index (χ3n) is 4.38. The number of nitrogens with zero attached hydrogens (tertiary/aromatic N) is 1. The van der Waals surface area contributed by atoms with Gasteiger partial charge in [-0.2, -0.15) is 0 Å². The van der Waals surface area contributed by atoms with E-state index >= 15 is 0 Å². The Hall–Kier alpha value is -2.15. The molecule has 2 aromatic carbocycles. The minimum atomic E-state index is -0.421. The maximum atomic E-state index is 11.8. The molecule has 2 heterocycles. The minimum Gasteiger partial charge on any atom is -0.465 e. The van der Waals surface area contributed by atoms with Crippen LogP contribution in [0.4, 0.5) is 11.4 Å². The zero-order valence-electron chi connectivity index (χ0n) is 13.9. The number of rotatable bonds is 2. The fourth-order valence-electron chi connectivity index (χ4n) is 3.11. The van der Waals surface area contributed by atoms with Gasteiger partial charge in [-0.15, -0.1) is 11.3 Å². The van der Waals surface area contributed by atoms with Gasteiger partial charge in [-0.05, 0) is 48.5 Å². The maximum absolute atomic E-state index is 11.8. The third-order valence-corrected chi connectivity index (χ3v) is 6.34. The molecule has 0 unspecified atom stereocenters. The van der Waals surface area contributed by atoms with Crippen LogP contribution in [0.1, 0.15) is 15.2 Å². The van der Waals surface area contributed by atoms with Crippen LogP contribution in [0.5, 0.6) is 0 Å². The highest BCUT2D eigenvalue weighted by atomic mass is 35.5. The molecule has 0 amide bonds. The minimum absolute atomic E-state index is 0.414. The van der Waals surface area contributed by atoms with E-state index in [0.717, 1.165) is 34.4 Å². The van der Waals surface area contributed by atoms with Crippen molar-refractivity contribution in [3.63, 3.8) is 0 Å². The molecular formula is C19H15ClN2O2S2. The van der Waals surface area contributed by atoms with E-state index < -0.39 is 5.97 Å². The first-order valence-electron chi connectivity index (χ1n) is 8.05. The summed E-state index contributed by atoms with van der Waals surface area (Å²) < 4.78 is 5.69. The van der Waals surface area contributed by atoms with Crippen LogP contribution in [-0.2, 0) is 11.2 Å². The average molecular weight is 403 g/mol. The van der Waals surface area contributed by atoms with Gasteiger partial charge in [0.15, 0.2) is 5.11 Å². The van der Waals surface area contributed by atoms with Crippen LogP contribution >= 0.6 is 35.2 Å². The fraction of sp³-hybridized carbons (Fsp3) is 0.158. The number of methoxy groups -OCH3 is 1.